The van der Waals surface area contributed by atoms with Gasteiger partial charge >= 0.3 is 0 Å². The lowest BCUT2D eigenvalue weighted by molar-refractivity contribution is 0.0996. The molecule has 2 aromatic heterocycles. The molecule has 0 spiro atoms. The Balaban J connectivity index is 1.55. The number of hydrogen-bond acceptors (Lipinski definition) is 8. The molecule has 1 aromatic carbocycles. The molecule has 3 aromatic rings. The molecule has 5 rings (SSSR count). The first-order chi connectivity index (χ1) is 16.5. The van der Waals surface area contributed by atoms with Gasteiger partial charge < -0.3 is 20.1 Å². The maximum atomic E-state index is 14.8. The van der Waals surface area contributed by atoms with Crippen LogP contribution >= 0.6 is 0 Å². The second-order valence-electron chi connectivity index (χ2n) is 8.30. The molecule has 9 nitrogen and oxygen atoms in total. The van der Waals surface area contributed by atoms with Crippen LogP contribution in [0.2, 0.25) is 0 Å². The fraction of sp³-hybridized carbons (Fsp3) is 0.333. The number of ether oxygens (including phenoxy) is 1. The Bertz CT molecular complexity index is 1250. The predicted molar refractivity (Wildman–Crippen MR) is 125 cm³/mol. The smallest absolute Gasteiger partial charge is 0.260 e. The van der Waals surface area contributed by atoms with Crippen molar-refractivity contribution in [3.8, 4) is 17.0 Å². The van der Waals surface area contributed by atoms with Crippen LogP contribution in [0.25, 0.3) is 11.3 Å². The Hall–Kier alpha value is -3.63. The van der Waals surface area contributed by atoms with Gasteiger partial charge in [0.2, 0.25) is 5.95 Å². The molecule has 2 N–H and O–H groups in total. The third-order valence-electron chi connectivity index (χ3n) is 6.20. The molecule has 1 fully saturated rings. The number of fused-ring (bicyclic) bond motifs is 1. The van der Waals surface area contributed by atoms with E-state index in [0.717, 1.165) is 6.54 Å². The number of aliphatic hydroxyl groups excluding tert-OH is 1. The molecule has 4 heterocycles. The molecular weight excluding hydrogens is 439 g/mol. The van der Waals surface area contributed by atoms with Crippen LogP contribution in [0.5, 0.6) is 5.75 Å². The average Bonchev–Trinajstić information content (AvgIpc) is 3.20. The molecule has 10 heteroatoms. The first-order valence-corrected chi connectivity index (χ1v) is 11.1. The Morgan fingerprint density at radius 3 is 2.94 bits per heavy atom. The Morgan fingerprint density at radius 2 is 2.15 bits per heavy atom. The number of nitrogens with one attached hydrogen (secondary N) is 1. The van der Waals surface area contributed by atoms with Crippen LogP contribution in [-0.4, -0.2) is 65.4 Å². The molecule has 0 saturated carbocycles. The van der Waals surface area contributed by atoms with Gasteiger partial charge in [0, 0.05) is 48.7 Å². The summed E-state index contributed by atoms with van der Waals surface area (Å²) in [4.78, 5) is 30.6. The number of aliphatic hydroxyl groups is 1. The quantitative estimate of drug-likeness (QED) is 0.591. The summed E-state index contributed by atoms with van der Waals surface area (Å²) < 4.78 is 20.2. The van der Waals surface area contributed by atoms with E-state index in [4.69, 9.17) is 4.74 Å². The van der Waals surface area contributed by atoms with Crippen molar-refractivity contribution in [2.45, 2.75) is 19.5 Å². The lowest BCUT2D eigenvalue weighted by atomic mass is 10.0. The lowest BCUT2D eigenvalue weighted by Crippen LogP contribution is -2.53. The van der Waals surface area contributed by atoms with Gasteiger partial charge in [-0.25, -0.2) is 9.37 Å². The van der Waals surface area contributed by atoms with Crippen LogP contribution in [0.1, 0.15) is 21.6 Å². The number of rotatable bonds is 5. The minimum atomic E-state index is -0.472. The summed E-state index contributed by atoms with van der Waals surface area (Å²) in [5, 5.41) is 13.0. The third kappa shape index (κ3) is 3.74. The van der Waals surface area contributed by atoms with Crippen molar-refractivity contribution in [1.82, 2.24) is 20.3 Å². The number of piperazine rings is 1. The monoisotopic (exact) mass is 464 g/mol. The van der Waals surface area contributed by atoms with Crippen molar-refractivity contribution in [2.24, 2.45) is 0 Å². The first kappa shape index (κ1) is 22.2. The average molecular weight is 465 g/mol. The highest BCUT2D eigenvalue weighted by Crippen LogP contribution is 2.38. The van der Waals surface area contributed by atoms with Gasteiger partial charge in [-0.1, -0.05) is 6.07 Å². The molecule has 0 aliphatic carbocycles. The van der Waals surface area contributed by atoms with Crippen LogP contribution < -0.4 is 19.9 Å². The van der Waals surface area contributed by atoms with Crippen molar-refractivity contribution in [2.75, 3.05) is 43.2 Å². The second kappa shape index (κ2) is 8.96. The number of anilines is 2. The topological polar surface area (TPSA) is 104 Å². The van der Waals surface area contributed by atoms with Crippen LogP contribution in [0.3, 0.4) is 0 Å². The van der Waals surface area contributed by atoms with Crippen molar-refractivity contribution in [3.63, 3.8) is 0 Å². The maximum Gasteiger partial charge on any atom is 0.260 e. The summed E-state index contributed by atoms with van der Waals surface area (Å²) in [7, 11) is 1.47. The van der Waals surface area contributed by atoms with E-state index in [1.165, 1.54) is 19.4 Å². The van der Waals surface area contributed by atoms with Gasteiger partial charge in [-0.05, 0) is 25.1 Å². The van der Waals surface area contributed by atoms with Gasteiger partial charge in [0.05, 0.1) is 37.6 Å². The minimum absolute atomic E-state index is 0.0345. The number of aryl methyl sites for hydroxylation is 1. The predicted octanol–water partition coefficient (Wildman–Crippen LogP) is 1.93. The molecule has 0 radical (unpaired) electrons. The molecule has 176 valence electrons. The van der Waals surface area contributed by atoms with Crippen LogP contribution in [0.15, 0.2) is 36.5 Å². The van der Waals surface area contributed by atoms with Crippen molar-refractivity contribution in [3.05, 3.63) is 59.2 Å². The van der Waals surface area contributed by atoms with E-state index < -0.39 is 5.82 Å². The Morgan fingerprint density at radius 1 is 1.29 bits per heavy atom. The van der Waals surface area contributed by atoms with E-state index in [9.17, 15) is 14.3 Å². The SMILES string of the molecule is COc1cccc(F)c1-c1nccc2c1CN(c1cc(C)nc(N3CCNCC3CO)n1)C2=O. The van der Waals surface area contributed by atoms with Gasteiger partial charge in [0.1, 0.15) is 17.4 Å². The normalized spacial score (nSPS) is 17.8. The second-order valence-corrected chi connectivity index (χ2v) is 8.30. The fourth-order valence-corrected chi connectivity index (χ4v) is 4.52. The molecule has 0 bridgehead atoms. The number of carbonyl (C=O) groups is 1. The number of amides is 1. The third-order valence-corrected chi connectivity index (χ3v) is 6.20. The molecule has 34 heavy (non-hydrogen) atoms. The minimum Gasteiger partial charge on any atom is -0.496 e. The van der Waals surface area contributed by atoms with Gasteiger partial charge in [-0.2, -0.15) is 4.98 Å². The van der Waals surface area contributed by atoms with E-state index in [-0.39, 0.29) is 30.7 Å². The highest BCUT2D eigenvalue weighted by atomic mass is 19.1. The summed E-state index contributed by atoms with van der Waals surface area (Å²) in [5.41, 5.74) is 2.36. The zero-order chi connectivity index (χ0) is 23.8. The highest BCUT2D eigenvalue weighted by Gasteiger charge is 2.34. The number of aromatic nitrogens is 3. The molecule has 1 amide bonds. The van der Waals surface area contributed by atoms with Gasteiger partial charge in [0.15, 0.2) is 0 Å². The zero-order valence-corrected chi connectivity index (χ0v) is 19.0. The fourth-order valence-electron chi connectivity index (χ4n) is 4.52. The van der Waals surface area contributed by atoms with Gasteiger partial charge in [-0.15, -0.1) is 0 Å². The molecule has 1 saturated heterocycles. The number of methoxy groups -OCH3 is 1. The first-order valence-electron chi connectivity index (χ1n) is 11.1. The van der Waals surface area contributed by atoms with Crippen molar-refractivity contribution >= 4 is 17.7 Å². The van der Waals surface area contributed by atoms with Crippen LogP contribution in [-0.2, 0) is 6.54 Å². The van der Waals surface area contributed by atoms with Crippen molar-refractivity contribution in [1.29, 1.82) is 0 Å². The number of hydrogen-bond donors (Lipinski definition) is 2. The summed E-state index contributed by atoms with van der Waals surface area (Å²) in [6.45, 7) is 4.01. The Kier molecular flexibility index (Phi) is 5.84. The standard InChI is InChI=1S/C24H25FN6O3/c1-14-10-20(29-24(28-14)30-9-8-26-11-15(30)13-32)31-12-17-16(23(31)33)6-7-27-22(17)21-18(25)4-3-5-19(21)34-2/h3-7,10,15,26,32H,8-9,11-13H2,1-2H3. The molecular formula is C24H25FN6O3. The van der Waals surface area contributed by atoms with Gasteiger partial charge in [0.25, 0.3) is 5.91 Å². The maximum absolute atomic E-state index is 14.8. The van der Waals surface area contributed by atoms with E-state index in [2.05, 4.69) is 20.3 Å². The number of carbonyl (C=O) groups excluding carboxylic acids is 1. The Labute approximate surface area is 196 Å². The number of benzene rings is 1. The van der Waals surface area contributed by atoms with E-state index >= 15 is 0 Å². The zero-order valence-electron chi connectivity index (χ0n) is 19.0. The summed E-state index contributed by atoms with van der Waals surface area (Å²) in [5.74, 6) is 0.552. The largest absolute Gasteiger partial charge is 0.496 e. The van der Waals surface area contributed by atoms with E-state index in [0.29, 0.717) is 53.1 Å². The van der Waals surface area contributed by atoms with Gasteiger partial charge in [-0.3, -0.25) is 14.7 Å². The number of halogens is 1. The highest BCUT2D eigenvalue weighted by molar-refractivity contribution is 6.10. The number of pyridine rings is 1. The van der Waals surface area contributed by atoms with E-state index in [1.807, 2.05) is 11.8 Å². The lowest BCUT2D eigenvalue weighted by Gasteiger charge is -2.35. The summed E-state index contributed by atoms with van der Waals surface area (Å²) in [6, 6.07) is 7.82. The molecule has 2 aliphatic heterocycles. The van der Waals surface area contributed by atoms with Crippen molar-refractivity contribution < 1.29 is 19.0 Å². The van der Waals surface area contributed by atoms with E-state index in [1.54, 1.807) is 29.2 Å². The van der Waals surface area contributed by atoms with Crippen LogP contribution in [0.4, 0.5) is 16.2 Å². The summed E-state index contributed by atoms with van der Waals surface area (Å²) >= 11 is 0. The molecule has 2 aliphatic rings. The number of nitrogens with zero attached hydrogens (tertiary/aromatic N) is 5. The van der Waals surface area contributed by atoms with Crippen LogP contribution in [0, 0.1) is 12.7 Å². The molecule has 1 unspecified atom stereocenters. The summed E-state index contributed by atoms with van der Waals surface area (Å²) in [6.07, 6.45) is 1.50. The molecule has 1 atom stereocenters.